The minimum absolute atomic E-state index is 0.840. The Kier molecular flexibility index (Phi) is 3.21. The number of aromatic nitrogens is 2. The van der Waals surface area contributed by atoms with E-state index >= 15 is 0 Å². The summed E-state index contributed by atoms with van der Waals surface area (Å²) in [5.74, 6) is 0.840. The van der Waals surface area contributed by atoms with Crippen LogP contribution in [0.25, 0.3) is 6.08 Å². The quantitative estimate of drug-likeness (QED) is 0.695. The van der Waals surface area contributed by atoms with Crippen molar-refractivity contribution in [3.8, 4) is 0 Å². The number of aryl methyl sites for hydroxylation is 2. The van der Waals surface area contributed by atoms with Crippen molar-refractivity contribution in [1.82, 2.24) is 9.97 Å². The van der Waals surface area contributed by atoms with Crippen molar-refractivity contribution in [1.29, 1.82) is 0 Å². The zero-order valence-corrected chi connectivity index (χ0v) is 10.6. The summed E-state index contributed by atoms with van der Waals surface area (Å²) < 4.78 is 0. The number of hydrogen-bond acceptors (Lipinski definition) is 2. The maximum atomic E-state index is 4.33. The van der Waals surface area contributed by atoms with E-state index in [0.717, 1.165) is 17.1 Å². The molecule has 0 saturated carbocycles. The van der Waals surface area contributed by atoms with Crippen LogP contribution in [0.4, 0.5) is 0 Å². The Morgan fingerprint density at radius 2 is 1.86 bits per heavy atom. The van der Waals surface area contributed by atoms with E-state index < -0.39 is 8.07 Å². The Labute approximate surface area is 87.1 Å². The van der Waals surface area contributed by atoms with Gasteiger partial charge in [-0.15, -0.1) is 0 Å². The monoisotopic (exact) mass is 206 g/mol. The highest BCUT2D eigenvalue weighted by molar-refractivity contribution is 6.81. The lowest BCUT2D eigenvalue weighted by atomic mass is 10.2. The van der Waals surface area contributed by atoms with Gasteiger partial charge in [0, 0.05) is 17.5 Å². The molecule has 0 fully saturated rings. The predicted octanol–water partition coefficient (Wildman–Crippen LogP) is 2.98. The molecule has 76 valence electrons. The summed E-state index contributed by atoms with van der Waals surface area (Å²) in [6.45, 7) is 10.9. The second kappa shape index (κ2) is 4.05. The number of nitrogens with zero attached hydrogens (tertiary/aromatic N) is 2. The number of hydrogen-bond donors (Lipinski definition) is 0. The van der Waals surface area contributed by atoms with Gasteiger partial charge in [-0.1, -0.05) is 31.4 Å². The summed E-state index contributed by atoms with van der Waals surface area (Å²) in [6, 6.07) is 0. The molecule has 0 radical (unpaired) electrons. The maximum absolute atomic E-state index is 4.33. The molecular weight excluding hydrogens is 188 g/mol. The summed E-state index contributed by atoms with van der Waals surface area (Å²) in [5.41, 5.74) is 4.51. The van der Waals surface area contributed by atoms with E-state index in [1.54, 1.807) is 0 Å². The summed E-state index contributed by atoms with van der Waals surface area (Å²) in [6.07, 6.45) is 4.05. The Bertz CT molecular complexity index is 351. The molecule has 0 aromatic carbocycles. The molecule has 0 aliphatic carbocycles. The van der Waals surface area contributed by atoms with Gasteiger partial charge in [0.25, 0.3) is 0 Å². The predicted molar refractivity (Wildman–Crippen MR) is 63.9 cm³/mol. The van der Waals surface area contributed by atoms with Crippen molar-refractivity contribution in [2.75, 3.05) is 0 Å². The summed E-state index contributed by atoms with van der Waals surface area (Å²) in [4.78, 5) is 8.52. The highest BCUT2D eigenvalue weighted by Crippen LogP contribution is 2.10. The minimum atomic E-state index is -1.11. The lowest BCUT2D eigenvalue weighted by molar-refractivity contribution is 1.00. The second-order valence-electron chi connectivity index (χ2n) is 4.66. The third-order valence-electron chi connectivity index (χ3n) is 1.90. The van der Waals surface area contributed by atoms with Crippen LogP contribution >= 0.6 is 0 Å². The van der Waals surface area contributed by atoms with Crippen LogP contribution in [0.15, 0.2) is 11.9 Å². The Morgan fingerprint density at radius 3 is 2.36 bits per heavy atom. The van der Waals surface area contributed by atoms with Crippen molar-refractivity contribution in [2.45, 2.75) is 33.5 Å². The van der Waals surface area contributed by atoms with Gasteiger partial charge in [-0.3, -0.25) is 0 Å². The van der Waals surface area contributed by atoms with Crippen LogP contribution < -0.4 is 0 Å². The SMILES string of the molecule is Cc1ncc(/C=C/[Si](C)(C)C)c(C)n1. The average molecular weight is 206 g/mol. The van der Waals surface area contributed by atoms with Crippen LogP contribution in [0.5, 0.6) is 0 Å². The van der Waals surface area contributed by atoms with Crippen LogP contribution in [0.2, 0.25) is 19.6 Å². The van der Waals surface area contributed by atoms with Gasteiger partial charge in [0.1, 0.15) is 5.82 Å². The first-order chi connectivity index (χ1) is 6.38. The minimum Gasteiger partial charge on any atom is -0.241 e. The van der Waals surface area contributed by atoms with Gasteiger partial charge in [0.05, 0.1) is 8.07 Å². The number of rotatable bonds is 2. The molecule has 3 heteroatoms. The lowest BCUT2D eigenvalue weighted by Crippen LogP contribution is -2.15. The van der Waals surface area contributed by atoms with Gasteiger partial charge in [0.2, 0.25) is 0 Å². The molecule has 0 spiro atoms. The van der Waals surface area contributed by atoms with Gasteiger partial charge in [-0.2, -0.15) is 0 Å². The van der Waals surface area contributed by atoms with Gasteiger partial charge >= 0.3 is 0 Å². The topological polar surface area (TPSA) is 25.8 Å². The molecule has 0 bridgehead atoms. The molecule has 0 atom stereocenters. The fourth-order valence-corrected chi connectivity index (χ4v) is 1.78. The summed E-state index contributed by atoms with van der Waals surface area (Å²) in [7, 11) is -1.11. The molecule has 1 rings (SSSR count). The van der Waals surface area contributed by atoms with Crippen molar-refractivity contribution in [3.05, 3.63) is 29.0 Å². The van der Waals surface area contributed by atoms with Crippen LogP contribution in [0.3, 0.4) is 0 Å². The Hall–Kier alpha value is -0.963. The molecule has 0 aliphatic heterocycles. The van der Waals surface area contributed by atoms with E-state index in [9.17, 15) is 0 Å². The molecule has 0 unspecified atom stereocenters. The smallest absolute Gasteiger partial charge is 0.125 e. The molecule has 1 aromatic rings. The van der Waals surface area contributed by atoms with E-state index in [-0.39, 0.29) is 0 Å². The molecule has 0 saturated heterocycles. The van der Waals surface area contributed by atoms with Gasteiger partial charge in [-0.25, -0.2) is 9.97 Å². The zero-order chi connectivity index (χ0) is 10.8. The van der Waals surface area contributed by atoms with Gasteiger partial charge in [0.15, 0.2) is 0 Å². The summed E-state index contributed by atoms with van der Waals surface area (Å²) in [5, 5.41) is 0. The lowest BCUT2D eigenvalue weighted by Gasteiger charge is -2.08. The van der Waals surface area contributed by atoms with E-state index in [1.165, 1.54) is 0 Å². The molecule has 2 nitrogen and oxygen atoms in total. The van der Waals surface area contributed by atoms with Crippen molar-refractivity contribution >= 4 is 14.1 Å². The van der Waals surface area contributed by atoms with Gasteiger partial charge in [-0.05, 0) is 13.8 Å². The molecule has 1 heterocycles. The third-order valence-corrected chi connectivity index (χ3v) is 3.07. The van der Waals surface area contributed by atoms with Crippen LogP contribution in [-0.4, -0.2) is 18.0 Å². The van der Waals surface area contributed by atoms with Crippen molar-refractivity contribution < 1.29 is 0 Å². The molecule has 14 heavy (non-hydrogen) atoms. The fourth-order valence-electron chi connectivity index (χ4n) is 1.10. The van der Waals surface area contributed by atoms with Gasteiger partial charge < -0.3 is 0 Å². The molecule has 1 aromatic heterocycles. The van der Waals surface area contributed by atoms with E-state index in [0.29, 0.717) is 0 Å². The Balaban J connectivity index is 2.93. The fraction of sp³-hybridized carbons (Fsp3) is 0.455. The Morgan fingerprint density at radius 1 is 1.21 bits per heavy atom. The standard InChI is InChI=1S/C11H18N2Si/c1-9-11(6-7-14(3,4)5)8-12-10(2)13-9/h6-8H,1-5H3/b7-6+. The summed E-state index contributed by atoms with van der Waals surface area (Å²) >= 11 is 0. The average Bonchev–Trinajstić information content (AvgIpc) is 2.00. The first kappa shape index (κ1) is 11.1. The molecule has 0 aliphatic rings. The first-order valence-electron chi connectivity index (χ1n) is 4.88. The van der Waals surface area contributed by atoms with E-state index in [2.05, 4.69) is 41.4 Å². The molecular formula is C11H18N2Si. The van der Waals surface area contributed by atoms with Crippen LogP contribution in [-0.2, 0) is 0 Å². The van der Waals surface area contributed by atoms with E-state index in [1.807, 2.05) is 20.0 Å². The molecule has 0 amide bonds. The normalized spacial score (nSPS) is 12.4. The van der Waals surface area contributed by atoms with E-state index in [4.69, 9.17) is 0 Å². The largest absolute Gasteiger partial charge is 0.241 e. The zero-order valence-electron chi connectivity index (χ0n) is 9.63. The molecule has 0 N–H and O–H groups in total. The van der Waals surface area contributed by atoms with Crippen LogP contribution in [0.1, 0.15) is 17.1 Å². The highest BCUT2D eigenvalue weighted by Gasteiger charge is 2.07. The van der Waals surface area contributed by atoms with Crippen LogP contribution in [0, 0.1) is 13.8 Å². The highest BCUT2D eigenvalue weighted by atomic mass is 28.3. The van der Waals surface area contributed by atoms with Crippen molar-refractivity contribution in [2.24, 2.45) is 0 Å². The second-order valence-corrected chi connectivity index (χ2v) is 9.72. The first-order valence-corrected chi connectivity index (χ1v) is 8.46. The maximum Gasteiger partial charge on any atom is 0.125 e. The third kappa shape index (κ3) is 3.42. The van der Waals surface area contributed by atoms with Crippen molar-refractivity contribution in [3.63, 3.8) is 0 Å².